The van der Waals surface area contributed by atoms with E-state index in [1.54, 1.807) is 25.1 Å². The van der Waals surface area contributed by atoms with Gasteiger partial charge in [-0.15, -0.1) is 0 Å². The molecule has 1 aliphatic rings. The van der Waals surface area contributed by atoms with Gasteiger partial charge in [0.2, 0.25) is 0 Å². The third-order valence-electron chi connectivity index (χ3n) is 3.60. The van der Waals surface area contributed by atoms with Crippen molar-refractivity contribution in [2.75, 3.05) is 13.2 Å². The molecule has 0 saturated carbocycles. The van der Waals surface area contributed by atoms with E-state index in [0.29, 0.717) is 17.7 Å². The summed E-state index contributed by atoms with van der Waals surface area (Å²) in [7, 11) is 0. The number of amides is 1. The van der Waals surface area contributed by atoms with Gasteiger partial charge in [-0.3, -0.25) is 0 Å². The molecule has 1 aliphatic heterocycles. The van der Waals surface area contributed by atoms with Crippen molar-refractivity contribution in [3.8, 4) is 5.75 Å². The van der Waals surface area contributed by atoms with Gasteiger partial charge in [0.15, 0.2) is 6.61 Å². The number of rotatable bonds is 3. The summed E-state index contributed by atoms with van der Waals surface area (Å²) >= 11 is 0. The molecule has 1 heterocycles. The van der Waals surface area contributed by atoms with Gasteiger partial charge in [0.25, 0.3) is 0 Å². The van der Waals surface area contributed by atoms with Crippen molar-refractivity contribution >= 4 is 16.9 Å². The Bertz CT molecular complexity index is 718. The highest BCUT2D eigenvalue weighted by atomic mass is 19.3. The minimum absolute atomic E-state index is 0.279. The zero-order chi connectivity index (χ0) is 15.7. The highest BCUT2D eigenvalue weighted by Gasteiger charge is 2.48. The number of carbonyl (C=O) groups is 1. The highest BCUT2D eigenvalue weighted by molar-refractivity contribution is 5.89. The van der Waals surface area contributed by atoms with E-state index in [1.165, 1.54) is 0 Å². The van der Waals surface area contributed by atoms with Gasteiger partial charge in [0, 0.05) is 5.56 Å². The molecule has 1 fully saturated rings. The first-order valence-corrected chi connectivity index (χ1v) is 6.98. The fourth-order valence-corrected chi connectivity index (χ4v) is 2.65. The number of ether oxygens (including phenoxy) is 2. The minimum Gasteiger partial charge on any atom is -0.493 e. The number of nitrogens with one attached hydrogen (secondary N) is 1. The molecule has 116 valence electrons. The summed E-state index contributed by atoms with van der Waals surface area (Å²) in [6.45, 7) is 1.17. The van der Waals surface area contributed by atoms with Crippen LogP contribution in [0, 0.1) is 0 Å². The Balaban J connectivity index is 2.22. The predicted molar refractivity (Wildman–Crippen MR) is 77.3 cm³/mol. The van der Waals surface area contributed by atoms with Crippen LogP contribution >= 0.6 is 0 Å². The number of benzene rings is 2. The summed E-state index contributed by atoms with van der Waals surface area (Å²) in [4.78, 5) is 11.4. The van der Waals surface area contributed by atoms with Gasteiger partial charge in [-0.25, -0.2) is 13.6 Å². The third-order valence-corrected chi connectivity index (χ3v) is 3.60. The summed E-state index contributed by atoms with van der Waals surface area (Å²) in [5.74, 6) is -2.88. The fraction of sp³-hybridized carbons (Fsp3) is 0.312. The number of cyclic esters (lactones) is 1. The van der Waals surface area contributed by atoms with E-state index < -0.39 is 24.7 Å². The number of hydrogen-bond acceptors (Lipinski definition) is 3. The maximum atomic E-state index is 14.3. The topological polar surface area (TPSA) is 47.6 Å². The number of alkyl halides is 2. The molecule has 6 heteroatoms. The molecule has 0 unspecified atom stereocenters. The molecule has 2 aromatic carbocycles. The molecule has 0 bridgehead atoms. The molecule has 1 saturated heterocycles. The molecule has 1 amide bonds. The van der Waals surface area contributed by atoms with Gasteiger partial charge in [0.1, 0.15) is 11.8 Å². The quantitative estimate of drug-likeness (QED) is 0.941. The normalized spacial score (nSPS) is 20.3. The standard InChI is InChI=1S/C16H15F2NO3/c1-2-21-12-8-7-10-5-3-4-6-11(10)13(12)14-16(17,18)9-22-15(20)19-14/h3-8,14H,2,9H2,1H3,(H,19,20)/t14-/m1/s1. The van der Waals surface area contributed by atoms with E-state index in [9.17, 15) is 13.6 Å². The van der Waals surface area contributed by atoms with Crippen LogP contribution in [0.25, 0.3) is 10.8 Å². The molecule has 0 spiro atoms. The largest absolute Gasteiger partial charge is 0.493 e. The number of fused-ring (bicyclic) bond motifs is 1. The van der Waals surface area contributed by atoms with E-state index in [4.69, 9.17) is 4.74 Å². The molecule has 2 aromatic rings. The maximum absolute atomic E-state index is 14.3. The molecule has 1 N–H and O–H groups in total. The maximum Gasteiger partial charge on any atom is 0.408 e. The monoisotopic (exact) mass is 307 g/mol. The van der Waals surface area contributed by atoms with Crippen molar-refractivity contribution in [3.05, 3.63) is 42.0 Å². The van der Waals surface area contributed by atoms with Gasteiger partial charge in [0.05, 0.1) is 6.61 Å². The lowest BCUT2D eigenvalue weighted by molar-refractivity contribution is -0.104. The molecule has 22 heavy (non-hydrogen) atoms. The predicted octanol–water partition coefficient (Wildman–Crippen LogP) is 3.65. The van der Waals surface area contributed by atoms with E-state index >= 15 is 0 Å². The van der Waals surface area contributed by atoms with Crippen molar-refractivity contribution in [2.24, 2.45) is 0 Å². The molecule has 4 nitrogen and oxygen atoms in total. The van der Waals surface area contributed by atoms with Gasteiger partial charge in [-0.1, -0.05) is 30.3 Å². The Hall–Kier alpha value is -2.37. The van der Waals surface area contributed by atoms with Crippen LogP contribution in [-0.4, -0.2) is 25.2 Å². The number of carbonyl (C=O) groups excluding carboxylic acids is 1. The lowest BCUT2D eigenvalue weighted by Crippen LogP contribution is -2.49. The SMILES string of the molecule is CCOc1ccc2ccccc2c1[C@H]1NC(=O)OCC1(F)F. The van der Waals surface area contributed by atoms with Crippen molar-refractivity contribution < 1.29 is 23.0 Å². The van der Waals surface area contributed by atoms with Crippen LogP contribution in [0.15, 0.2) is 36.4 Å². The van der Waals surface area contributed by atoms with Gasteiger partial charge in [-0.2, -0.15) is 0 Å². The molecular weight excluding hydrogens is 292 g/mol. The molecule has 0 aliphatic carbocycles. The van der Waals surface area contributed by atoms with Crippen LogP contribution in [0.1, 0.15) is 18.5 Å². The summed E-state index contributed by atoms with van der Waals surface area (Å²) < 4.78 is 38.5. The first kappa shape index (κ1) is 14.6. The second kappa shape index (κ2) is 5.44. The van der Waals surface area contributed by atoms with Crippen LogP contribution in [0.5, 0.6) is 5.75 Å². The second-order valence-electron chi connectivity index (χ2n) is 5.05. The number of halogens is 2. The summed E-state index contributed by atoms with van der Waals surface area (Å²) in [6.07, 6.45) is -0.855. The van der Waals surface area contributed by atoms with Gasteiger partial charge >= 0.3 is 12.0 Å². The van der Waals surface area contributed by atoms with Crippen LogP contribution in [0.4, 0.5) is 13.6 Å². The molecule has 0 radical (unpaired) electrons. The smallest absolute Gasteiger partial charge is 0.408 e. The molecule has 0 aromatic heterocycles. The van der Waals surface area contributed by atoms with Gasteiger partial charge in [-0.05, 0) is 23.8 Å². The first-order chi connectivity index (χ1) is 10.5. The average molecular weight is 307 g/mol. The van der Waals surface area contributed by atoms with E-state index in [2.05, 4.69) is 10.1 Å². The zero-order valence-corrected chi connectivity index (χ0v) is 11.9. The third kappa shape index (κ3) is 2.45. The summed E-state index contributed by atoms with van der Waals surface area (Å²) in [5, 5.41) is 3.65. The van der Waals surface area contributed by atoms with Crippen LogP contribution < -0.4 is 10.1 Å². The molecular formula is C16H15F2NO3. The van der Waals surface area contributed by atoms with E-state index in [1.807, 2.05) is 18.2 Å². The number of alkyl carbamates (subject to hydrolysis) is 1. The molecule has 1 atom stereocenters. The Morgan fingerprint density at radius 3 is 2.86 bits per heavy atom. The Labute approximate surface area is 126 Å². The summed E-state index contributed by atoms with van der Waals surface area (Å²) in [5.41, 5.74) is 0.279. The fourth-order valence-electron chi connectivity index (χ4n) is 2.65. The van der Waals surface area contributed by atoms with Crippen molar-refractivity contribution in [3.63, 3.8) is 0 Å². The minimum atomic E-state index is -3.22. The Morgan fingerprint density at radius 1 is 1.32 bits per heavy atom. The van der Waals surface area contributed by atoms with Crippen molar-refractivity contribution in [2.45, 2.75) is 18.9 Å². The second-order valence-corrected chi connectivity index (χ2v) is 5.05. The lowest BCUT2D eigenvalue weighted by Gasteiger charge is -2.33. The van der Waals surface area contributed by atoms with Crippen LogP contribution in [0.3, 0.4) is 0 Å². The van der Waals surface area contributed by atoms with Crippen molar-refractivity contribution in [1.29, 1.82) is 0 Å². The Morgan fingerprint density at radius 2 is 2.09 bits per heavy atom. The molecule has 3 rings (SSSR count). The first-order valence-electron chi connectivity index (χ1n) is 6.98. The van der Waals surface area contributed by atoms with Crippen LogP contribution in [-0.2, 0) is 4.74 Å². The van der Waals surface area contributed by atoms with E-state index in [-0.39, 0.29) is 5.56 Å². The average Bonchev–Trinajstić information content (AvgIpc) is 2.50. The van der Waals surface area contributed by atoms with Crippen molar-refractivity contribution in [1.82, 2.24) is 5.32 Å². The van der Waals surface area contributed by atoms with Crippen LogP contribution in [0.2, 0.25) is 0 Å². The zero-order valence-electron chi connectivity index (χ0n) is 11.9. The Kier molecular flexibility index (Phi) is 3.60. The van der Waals surface area contributed by atoms with Gasteiger partial charge < -0.3 is 14.8 Å². The lowest BCUT2D eigenvalue weighted by atomic mass is 9.93. The van der Waals surface area contributed by atoms with E-state index in [0.717, 1.165) is 5.39 Å². The highest BCUT2D eigenvalue weighted by Crippen LogP contribution is 2.42. The summed E-state index contributed by atoms with van der Waals surface area (Å²) in [6, 6.07) is 9.13. The number of hydrogen-bond donors (Lipinski definition) is 1.